The molecular weight excluding hydrogens is 481 g/mol. The van der Waals surface area contributed by atoms with E-state index in [0.29, 0.717) is 36.0 Å². The summed E-state index contributed by atoms with van der Waals surface area (Å²) < 4.78 is 43.2. The number of aryl methyl sites for hydroxylation is 1. The number of halogens is 3. The highest BCUT2D eigenvalue weighted by molar-refractivity contribution is 6.05. The van der Waals surface area contributed by atoms with Crippen molar-refractivity contribution in [2.75, 3.05) is 35.3 Å². The number of likely N-dealkylation sites (N-methyl/N-ethyl adjacent to an activating group) is 1. The summed E-state index contributed by atoms with van der Waals surface area (Å²) in [5.74, 6) is 0.845. The standard InChI is InChI=1S/C22H21F3N8O3/c1-32-15(11-34)19(35)33-6-2-3-14-17(33)18(32)31-20(30-14)27-7-12-8-28-21(29-9-12)36-13-4-5-16(26-10-13)22(23,24)25/h4-5,8-10,15,34H,2-3,6-7,11H2,1H3,(H,27,30,31). The van der Waals surface area contributed by atoms with Gasteiger partial charge in [0.1, 0.15) is 23.2 Å². The number of hydrogen-bond acceptors (Lipinski definition) is 10. The third kappa shape index (κ3) is 4.46. The molecule has 14 heteroatoms. The van der Waals surface area contributed by atoms with E-state index in [0.717, 1.165) is 30.4 Å². The molecule has 11 nitrogen and oxygen atoms in total. The topological polar surface area (TPSA) is 129 Å². The first-order valence-electron chi connectivity index (χ1n) is 11.1. The van der Waals surface area contributed by atoms with Crippen molar-refractivity contribution < 1.29 is 27.8 Å². The second-order valence-electron chi connectivity index (χ2n) is 8.28. The number of ether oxygens (including phenoxy) is 1. The molecule has 0 aliphatic carbocycles. The quantitative estimate of drug-likeness (QED) is 0.517. The predicted octanol–water partition coefficient (Wildman–Crippen LogP) is 2.17. The Kier molecular flexibility index (Phi) is 6.04. The molecule has 36 heavy (non-hydrogen) atoms. The van der Waals surface area contributed by atoms with Crippen molar-refractivity contribution >= 4 is 23.4 Å². The van der Waals surface area contributed by atoms with Gasteiger partial charge in [-0.2, -0.15) is 18.2 Å². The second-order valence-corrected chi connectivity index (χ2v) is 8.28. The Labute approximate surface area is 203 Å². The number of aliphatic hydroxyl groups excluding tert-OH is 1. The monoisotopic (exact) mass is 502 g/mol. The van der Waals surface area contributed by atoms with Gasteiger partial charge in [-0.25, -0.2) is 19.9 Å². The van der Waals surface area contributed by atoms with Crippen LogP contribution >= 0.6 is 0 Å². The van der Waals surface area contributed by atoms with Crippen LogP contribution in [-0.2, 0) is 23.9 Å². The summed E-state index contributed by atoms with van der Waals surface area (Å²) in [6.45, 7) is 0.533. The number of anilines is 3. The predicted molar refractivity (Wildman–Crippen MR) is 121 cm³/mol. The van der Waals surface area contributed by atoms with Gasteiger partial charge >= 0.3 is 12.2 Å². The molecule has 2 aliphatic rings. The molecule has 0 aromatic carbocycles. The van der Waals surface area contributed by atoms with E-state index in [2.05, 4.69) is 30.2 Å². The van der Waals surface area contributed by atoms with Gasteiger partial charge in [0, 0.05) is 38.1 Å². The van der Waals surface area contributed by atoms with Crippen LogP contribution in [0.5, 0.6) is 11.8 Å². The number of nitrogens with zero attached hydrogens (tertiary/aromatic N) is 7. The Morgan fingerprint density at radius 2 is 1.94 bits per heavy atom. The summed E-state index contributed by atoms with van der Waals surface area (Å²) in [6.07, 6.45) is 0.896. The number of rotatable bonds is 6. The molecule has 1 amide bonds. The third-order valence-electron chi connectivity index (χ3n) is 5.90. The van der Waals surface area contributed by atoms with Crippen LogP contribution in [0.4, 0.5) is 30.6 Å². The highest BCUT2D eigenvalue weighted by Gasteiger charge is 2.40. The van der Waals surface area contributed by atoms with Crippen molar-refractivity contribution in [3.63, 3.8) is 0 Å². The van der Waals surface area contributed by atoms with Gasteiger partial charge in [-0.15, -0.1) is 0 Å². The number of carbonyl (C=O) groups excluding carboxylic acids is 1. The van der Waals surface area contributed by atoms with Crippen LogP contribution in [0.2, 0.25) is 0 Å². The van der Waals surface area contributed by atoms with Crippen LogP contribution in [-0.4, -0.2) is 62.2 Å². The molecule has 1 unspecified atom stereocenters. The number of hydrogen-bond donors (Lipinski definition) is 2. The normalized spacial score (nSPS) is 17.1. The summed E-state index contributed by atoms with van der Waals surface area (Å²) in [7, 11) is 1.72. The summed E-state index contributed by atoms with van der Waals surface area (Å²) in [4.78, 5) is 36.7. The number of carbonyl (C=O) groups is 1. The smallest absolute Gasteiger partial charge is 0.423 e. The molecule has 0 bridgehead atoms. The number of pyridine rings is 1. The molecular formula is C22H21F3N8O3. The van der Waals surface area contributed by atoms with Crippen molar-refractivity contribution in [3.8, 4) is 11.8 Å². The van der Waals surface area contributed by atoms with Gasteiger partial charge in [0.2, 0.25) is 5.95 Å². The first-order valence-corrected chi connectivity index (χ1v) is 11.1. The molecule has 2 N–H and O–H groups in total. The van der Waals surface area contributed by atoms with E-state index < -0.39 is 17.9 Å². The minimum atomic E-state index is -4.53. The lowest BCUT2D eigenvalue weighted by molar-refractivity contribution is -0.141. The highest BCUT2D eigenvalue weighted by Crippen LogP contribution is 2.39. The van der Waals surface area contributed by atoms with E-state index in [-0.39, 0.29) is 30.8 Å². The van der Waals surface area contributed by atoms with Crippen LogP contribution in [0.25, 0.3) is 0 Å². The maximum absolute atomic E-state index is 12.7. The van der Waals surface area contributed by atoms with Crippen molar-refractivity contribution in [2.45, 2.75) is 31.6 Å². The maximum atomic E-state index is 12.7. The number of nitrogens with one attached hydrogen (secondary N) is 1. The third-order valence-corrected chi connectivity index (χ3v) is 5.90. The van der Waals surface area contributed by atoms with Crippen LogP contribution in [0, 0.1) is 0 Å². The molecule has 3 aromatic heterocycles. The Hall–Kier alpha value is -4.07. The second kappa shape index (κ2) is 9.18. The van der Waals surface area contributed by atoms with Gasteiger partial charge in [0.25, 0.3) is 5.91 Å². The fourth-order valence-electron chi connectivity index (χ4n) is 4.08. The fourth-order valence-corrected chi connectivity index (χ4v) is 4.08. The van der Waals surface area contributed by atoms with Crippen LogP contribution in [0.15, 0.2) is 30.7 Å². The van der Waals surface area contributed by atoms with Gasteiger partial charge < -0.3 is 25.0 Å². The molecule has 5 rings (SSSR count). The van der Waals surface area contributed by atoms with E-state index in [1.54, 1.807) is 16.8 Å². The molecule has 2 aliphatic heterocycles. The largest absolute Gasteiger partial charge is 0.433 e. The van der Waals surface area contributed by atoms with Gasteiger partial charge in [0.05, 0.1) is 18.5 Å². The van der Waals surface area contributed by atoms with E-state index in [1.165, 1.54) is 12.4 Å². The maximum Gasteiger partial charge on any atom is 0.433 e. The number of amides is 1. The number of alkyl halides is 3. The van der Waals surface area contributed by atoms with Crippen LogP contribution in [0.3, 0.4) is 0 Å². The molecule has 0 fully saturated rings. The lowest BCUT2D eigenvalue weighted by atomic mass is 10.0. The Morgan fingerprint density at radius 1 is 1.17 bits per heavy atom. The van der Waals surface area contributed by atoms with Gasteiger partial charge in [-0.05, 0) is 25.0 Å². The molecule has 0 radical (unpaired) electrons. The summed E-state index contributed by atoms with van der Waals surface area (Å²) in [5.41, 5.74) is 1.11. The van der Waals surface area contributed by atoms with Crippen molar-refractivity contribution in [1.29, 1.82) is 0 Å². The molecule has 0 saturated heterocycles. The van der Waals surface area contributed by atoms with E-state index in [1.807, 2.05) is 0 Å². The molecule has 0 saturated carbocycles. The lowest BCUT2D eigenvalue weighted by Gasteiger charge is -2.42. The first-order chi connectivity index (χ1) is 17.2. The summed E-state index contributed by atoms with van der Waals surface area (Å²) in [5, 5.41) is 12.8. The molecule has 188 valence electrons. The molecule has 0 spiro atoms. The van der Waals surface area contributed by atoms with Crippen LogP contribution < -0.4 is 19.9 Å². The van der Waals surface area contributed by atoms with Crippen molar-refractivity contribution in [2.24, 2.45) is 0 Å². The Bertz CT molecular complexity index is 1270. The van der Waals surface area contributed by atoms with E-state index in [4.69, 9.17) is 4.74 Å². The van der Waals surface area contributed by atoms with Crippen molar-refractivity contribution in [1.82, 2.24) is 24.9 Å². The zero-order chi connectivity index (χ0) is 25.4. The number of aromatic nitrogens is 5. The van der Waals surface area contributed by atoms with Crippen LogP contribution in [0.1, 0.15) is 23.4 Å². The highest BCUT2D eigenvalue weighted by atomic mass is 19.4. The lowest BCUT2D eigenvalue weighted by Crippen LogP contribution is -2.55. The van der Waals surface area contributed by atoms with E-state index in [9.17, 15) is 23.1 Å². The molecule has 3 aromatic rings. The average Bonchev–Trinajstić information content (AvgIpc) is 2.87. The average molecular weight is 502 g/mol. The fraction of sp³-hybridized carbons (Fsp3) is 0.364. The zero-order valence-electron chi connectivity index (χ0n) is 19.0. The first kappa shape index (κ1) is 23.7. The Balaban J connectivity index is 1.27. The van der Waals surface area contributed by atoms with Crippen molar-refractivity contribution in [3.05, 3.63) is 47.7 Å². The van der Waals surface area contributed by atoms with Gasteiger partial charge in [-0.3, -0.25) is 4.79 Å². The summed E-state index contributed by atoms with van der Waals surface area (Å²) >= 11 is 0. The Morgan fingerprint density at radius 3 is 2.61 bits per heavy atom. The molecule has 1 atom stereocenters. The van der Waals surface area contributed by atoms with Gasteiger partial charge in [0.15, 0.2) is 5.82 Å². The minimum Gasteiger partial charge on any atom is -0.423 e. The summed E-state index contributed by atoms with van der Waals surface area (Å²) in [6, 6.07) is 1.21. The zero-order valence-corrected chi connectivity index (χ0v) is 19.0. The van der Waals surface area contributed by atoms with Gasteiger partial charge in [-0.1, -0.05) is 0 Å². The SMILES string of the molecule is CN1c2nc(NCc3cnc(Oc4ccc(C(F)(F)F)nc4)nc3)nc3c2N(CCC3)C(=O)C1CO. The minimum absolute atomic E-state index is 0.0452. The van der Waals surface area contributed by atoms with E-state index >= 15 is 0 Å². The molecule has 5 heterocycles. The number of aliphatic hydroxyl groups is 1.